The summed E-state index contributed by atoms with van der Waals surface area (Å²) in [6.45, 7) is 1.83. The Bertz CT molecular complexity index is 856. The maximum absolute atomic E-state index is 12.0. The number of anilines is 1. The molecule has 0 saturated carbocycles. The van der Waals surface area contributed by atoms with Gasteiger partial charge in [-0.25, -0.2) is 4.79 Å². The Morgan fingerprint density at radius 1 is 0.846 bits per heavy atom. The van der Waals surface area contributed by atoms with Crippen LogP contribution < -0.4 is 5.32 Å². The Labute approximate surface area is 154 Å². The average Bonchev–Trinajstić information content (AvgIpc) is 2.68. The third-order valence-corrected chi connectivity index (χ3v) is 3.89. The lowest BCUT2D eigenvalue weighted by Gasteiger charge is -2.11. The fourth-order valence-electron chi connectivity index (χ4n) is 2.54. The van der Waals surface area contributed by atoms with E-state index in [-0.39, 0.29) is 6.10 Å². The molecule has 0 aliphatic rings. The fourth-order valence-corrected chi connectivity index (χ4v) is 2.54. The molecule has 0 unspecified atom stereocenters. The molecule has 3 heteroatoms. The first-order valence-electron chi connectivity index (χ1n) is 8.57. The minimum Gasteiger partial charge on any atom is -0.442 e. The maximum Gasteiger partial charge on any atom is 0.412 e. The van der Waals surface area contributed by atoms with E-state index in [4.69, 9.17) is 4.74 Å². The first kappa shape index (κ1) is 17.5. The van der Waals surface area contributed by atoms with E-state index in [9.17, 15) is 4.79 Å². The van der Waals surface area contributed by atoms with E-state index in [0.717, 1.165) is 16.7 Å². The number of carbonyl (C=O) groups excluding carboxylic acids is 1. The zero-order valence-electron chi connectivity index (χ0n) is 14.6. The van der Waals surface area contributed by atoms with E-state index >= 15 is 0 Å². The first-order valence-corrected chi connectivity index (χ1v) is 8.57. The molecule has 3 aromatic carbocycles. The Morgan fingerprint density at radius 2 is 1.42 bits per heavy atom. The molecule has 0 bridgehead atoms. The molecule has 0 heterocycles. The van der Waals surface area contributed by atoms with Crippen LogP contribution in [0.2, 0.25) is 0 Å². The Kier molecular flexibility index (Phi) is 5.84. The molecule has 3 rings (SSSR count). The standard InChI is InChI=1S/C23H21NO2/c1-18(12-13-19-8-4-2-5-9-19)26-23(25)24-22-16-14-21(15-17-22)20-10-6-3-7-11-20/h2-18H,1H3,(H,24,25)/b13-12+/t18-/m1/s1. The summed E-state index contributed by atoms with van der Waals surface area (Å²) in [5, 5.41) is 2.75. The zero-order chi connectivity index (χ0) is 18.2. The number of ether oxygens (including phenoxy) is 1. The quantitative estimate of drug-likeness (QED) is 0.616. The number of amides is 1. The molecule has 0 aliphatic carbocycles. The van der Waals surface area contributed by atoms with Crippen LogP contribution >= 0.6 is 0 Å². The van der Waals surface area contributed by atoms with Crippen LogP contribution in [0.1, 0.15) is 12.5 Å². The number of hydrogen-bond acceptors (Lipinski definition) is 2. The highest BCUT2D eigenvalue weighted by Crippen LogP contribution is 2.21. The number of nitrogens with one attached hydrogen (secondary N) is 1. The molecule has 1 N–H and O–H groups in total. The minimum absolute atomic E-state index is 0.321. The Balaban J connectivity index is 1.54. The normalized spacial score (nSPS) is 11.9. The lowest BCUT2D eigenvalue weighted by atomic mass is 10.1. The van der Waals surface area contributed by atoms with Gasteiger partial charge in [0.2, 0.25) is 0 Å². The molecule has 0 spiro atoms. The number of rotatable bonds is 5. The molecule has 0 radical (unpaired) electrons. The van der Waals surface area contributed by atoms with E-state index in [1.54, 1.807) is 0 Å². The van der Waals surface area contributed by atoms with Crippen molar-refractivity contribution in [3.63, 3.8) is 0 Å². The van der Waals surface area contributed by atoms with E-state index in [0.29, 0.717) is 5.69 Å². The van der Waals surface area contributed by atoms with Crippen LogP contribution in [-0.2, 0) is 4.74 Å². The van der Waals surface area contributed by atoms with Crippen LogP contribution in [0.5, 0.6) is 0 Å². The smallest absolute Gasteiger partial charge is 0.412 e. The summed E-state index contributed by atoms with van der Waals surface area (Å²) in [7, 11) is 0. The van der Waals surface area contributed by atoms with Crippen molar-refractivity contribution in [2.45, 2.75) is 13.0 Å². The van der Waals surface area contributed by atoms with Crippen molar-refractivity contribution in [1.82, 2.24) is 0 Å². The topological polar surface area (TPSA) is 38.3 Å². The van der Waals surface area contributed by atoms with E-state index < -0.39 is 6.09 Å². The summed E-state index contributed by atoms with van der Waals surface area (Å²) in [6, 6.07) is 27.7. The van der Waals surface area contributed by atoms with Crippen molar-refractivity contribution in [3.05, 3.63) is 96.6 Å². The van der Waals surface area contributed by atoms with Crippen molar-refractivity contribution >= 4 is 17.9 Å². The van der Waals surface area contributed by atoms with Crippen molar-refractivity contribution in [2.24, 2.45) is 0 Å². The van der Waals surface area contributed by atoms with Gasteiger partial charge >= 0.3 is 6.09 Å². The fraction of sp³-hybridized carbons (Fsp3) is 0.0870. The molecule has 26 heavy (non-hydrogen) atoms. The lowest BCUT2D eigenvalue weighted by Crippen LogP contribution is -2.18. The molecular formula is C23H21NO2. The highest BCUT2D eigenvalue weighted by Gasteiger charge is 2.07. The largest absolute Gasteiger partial charge is 0.442 e. The summed E-state index contributed by atoms with van der Waals surface area (Å²) in [6.07, 6.45) is 3.00. The second-order valence-electron chi connectivity index (χ2n) is 5.95. The van der Waals surface area contributed by atoms with Gasteiger partial charge in [0, 0.05) is 5.69 Å². The number of benzene rings is 3. The Morgan fingerprint density at radius 3 is 2.08 bits per heavy atom. The van der Waals surface area contributed by atoms with Crippen molar-refractivity contribution in [1.29, 1.82) is 0 Å². The van der Waals surface area contributed by atoms with Crippen LogP contribution in [-0.4, -0.2) is 12.2 Å². The number of hydrogen-bond donors (Lipinski definition) is 1. The van der Waals surface area contributed by atoms with Gasteiger partial charge in [0.15, 0.2) is 0 Å². The minimum atomic E-state index is -0.470. The second-order valence-corrected chi connectivity index (χ2v) is 5.95. The van der Waals surface area contributed by atoms with E-state index in [2.05, 4.69) is 17.4 Å². The number of carbonyl (C=O) groups is 1. The average molecular weight is 343 g/mol. The summed E-state index contributed by atoms with van der Waals surface area (Å²) < 4.78 is 5.35. The predicted octanol–water partition coefficient (Wildman–Crippen LogP) is 6.00. The Hall–Kier alpha value is -3.33. The van der Waals surface area contributed by atoms with Gasteiger partial charge in [0.05, 0.1) is 0 Å². The zero-order valence-corrected chi connectivity index (χ0v) is 14.6. The first-order chi connectivity index (χ1) is 12.7. The highest BCUT2D eigenvalue weighted by molar-refractivity contribution is 5.85. The van der Waals surface area contributed by atoms with Gasteiger partial charge in [-0.2, -0.15) is 0 Å². The molecule has 3 aromatic rings. The monoisotopic (exact) mass is 343 g/mol. The summed E-state index contributed by atoms with van der Waals surface area (Å²) >= 11 is 0. The maximum atomic E-state index is 12.0. The highest BCUT2D eigenvalue weighted by atomic mass is 16.6. The third-order valence-electron chi connectivity index (χ3n) is 3.89. The van der Waals surface area contributed by atoms with Crippen LogP contribution in [0.25, 0.3) is 17.2 Å². The molecule has 130 valence electrons. The summed E-state index contributed by atoms with van der Waals surface area (Å²) in [5.74, 6) is 0. The summed E-state index contributed by atoms with van der Waals surface area (Å²) in [4.78, 5) is 12.0. The van der Waals surface area contributed by atoms with Crippen molar-refractivity contribution in [2.75, 3.05) is 5.32 Å². The van der Waals surface area contributed by atoms with Gasteiger partial charge in [0.25, 0.3) is 0 Å². The van der Waals surface area contributed by atoms with Crippen molar-refractivity contribution < 1.29 is 9.53 Å². The molecule has 0 aliphatic heterocycles. The molecular weight excluding hydrogens is 322 g/mol. The SMILES string of the molecule is C[C@H](/C=C/c1ccccc1)OC(=O)Nc1ccc(-c2ccccc2)cc1. The van der Waals surface area contributed by atoms with Crippen LogP contribution in [0.15, 0.2) is 91.0 Å². The van der Waals surface area contributed by atoms with Gasteiger partial charge in [-0.15, -0.1) is 0 Å². The van der Waals surface area contributed by atoms with E-state index in [1.807, 2.05) is 91.9 Å². The molecule has 3 nitrogen and oxygen atoms in total. The second kappa shape index (κ2) is 8.67. The van der Waals surface area contributed by atoms with Crippen LogP contribution in [0, 0.1) is 0 Å². The van der Waals surface area contributed by atoms with E-state index in [1.165, 1.54) is 0 Å². The van der Waals surface area contributed by atoms with Gasteiger partial charge in [0.1, 0.15) is 6.10 Å². The molecule has 1 amide bonds. The van der Waals surface area contributed by atoms with Gasteiger partial charge in [-0.05, 0) is 41.8 Å². The molecule has 0 aromatic heterocycles. The third kappa shape index (κ3) is 5.08. The predicted molar refractivity (Wildman–Crippen MR) is 107 cm³/mol. The van der Waals surface area contributed by atoms with Gasteiger partial charge in [-0.1, -0.05) is 78.9 Å². The molecule has 0 fully saturated rings. The van der Waals surface area contributed by atoms with Crippen LogP contribution in [0.3, 0.4) is 0 Å². The van der Waals surface area contributed by atoms with Crippen molar-refractivity contribution in [3.8, 4) is 11.1 Å². The van der Waals surface area contributed by atoms with Gasteiger partial charge < -0.3 is 4.74 Å². The lowest BCUT2D eigenvalue weighted by molar-refractivity contribution is 0.142. The molecule has 0 saturated heterocycles. The van der Waals surface area contributed by atoms with Gasteiger partial charge in [-0.3, -0.25) is 5.32 Å². The molecule has 1 atom stereocenters. The summed E-state index contributed by atoms with van der Waals surface area (Å²) in [5.41, 5.74) is 4.01. The van der Waals surface area contributed by atoms with Crippen LogP contribution in [0.4, 0.5) is 10.5 Å².